The normalized spacial score (nSPS) is 10.4. The molecule has 1 heterocycles. The molecule has 3 rings (SSSR count). The summed E-state index contributed by atoms with van der Waals surface area (Å²) in [5.41, 5.74) is 2.16. The maximum Gasteiger partial charge on any atom is 0.257 e. The second-order valence-electron chi connectivity index (χ2n) is 6.25. The number of methoxy groups -OCH3 is 3. The summed E-state index contributed by atoms with van der Waals surface area (Å²) in [6.07, 6.45) is 0. The first-order chi connectivity index (χ1) is 14.5. The van der Waals surface area contributed by atoms with E-state index in [9.17, 15) is 4.79 Å². The fraction of sp³-hybridized carbons (Fsp3) is 0.273. The number of nitrogens with zero attached hydrogens (tertiary/aromatic N) is 1. The van der Waals surface area contributed by atoms with Crippen molar-refractivity contribution in [3.63, 3.8) is 0 Å². The Morgan fingerprint density at radius 3 is 2.20 bits per heavy atom. The Hall–Kier alpha value is -3.26. The van der Waals surface area contributed by atoms with Gasteiger partial charge >= 0.3 is 0 Å². The van der Waals surface area contributed by atoms with Crippen LogP contribution in [-0.4, -0.2) is 38.8 Å². The number of hydrogen-bond acceptors (Lipinski definition) is 7. The minimum atomic E-state index is -0.318. The van der Waals surface area contributed by atoms with Crippen LogP contribution in [0.4, 0.5) is 5.13 Å². The van der Waals surface area contributed by atoms with Gasteiger partial charge in [0.15, 0.2) is 16.6 Å². The quantitative estimate of drug-likeness (QED) is 0.555. The van der Waals surface area contributed by atoms with Crippen LogP contribution in [0.15, 0.2) is 36.4 Å². The van der Waals surface area contributed by atoms with Crippen LogP contribution < -0.4 is 24.3 Å². The van der Waals surface area contributed by atoms with Gasteiger partial charge in [-0.1, -0.05) is 0 Å². The lowest BCUT2D eigenvalue weighted by molar-refractivity contribution is 0.102. The summed E-state index contributed by atoms with van der Waals surface area (Å²) in [5.74, 6) is 1.74. The van der Waals surface area contributed by atoms with Crippen molar-refractivity contribution < 1.29 is 23.7 Å². The van der Waals surface area contributed by atoms with Crippen molar-refractivity contribution in [3.05, 3.63) is 46.8 Å². The molecule has 7 nitrogen and oxygen atoms in total. The first-order valence-corrected chi connectivity index (χ1v) is 10.1. The van der Waals surface area contributed by atoms with Crippen molar-refractivity contribution in [1.29, 1.82) is 0 Å². The summed E-state index contributed by atoms with van der Waals surface area (Å²) in [7, 11) is 4.53. The molecule has 0 saturated heterocycles. The molecule has 1 amide bonds. The van der Waals surface area contributed by atoms with Gasteiger partial charge in [0.1, 0.15) is 5.75 Å². The molecule has 0 saturated carbocycles. The second-order valence-corrected chi connectivity index (χ2v) is 7.45. The number of aryl methyl sites for hydroxylation is 1. The topological polar surface area (TPSA) is 78.9 Å². The zero-order valence-corrected chi connectivity index (χ0v) is 18.4. The Morgan fingerprint density at radius 1 is 1.03 bits per heavy atom. The van der Waals surface area contributed by atoms with E-state index in [1.807, 2.05) is 38.1 Å². The number of rotatable bonds is 8. The smallest absolute Gasteiger partial charge is 0.257 e. The van der Waals surface area contributed by atoms with E-state index >= 15 is 0 Å². The van der Waals surface area contributed by atoms with E-state index in [1.54, 1.807) is 12.1 Å². The predicted molar refractivity (Wildman–Crippen MR) is 118 cm³/mol. The first kappa shape index (κ1) is 21.4. The number of carbonyl (C=O) groups excluding carboxylic acids is 1. The molecule has 30 heavy (non-hydrogen) atoms. The average molecular weight is 429 g/mol. The van der Waals surface area contributed by atoms with Gasteiger partial charge in [0.05, 0.1) is 33.6 Å². The Bertz CT molecular complexity index is 1010. The molecule has 0 spiro atoms. The van der Waals surface area contributed by atoms with Crippen LogP contribution in [-0.2, 0) is 0 Å². The molecule has 0 fully saturated rings. The van der Waals surface area contributed by atoms with Gasteiger partial charge in [-0.2, -0.15) is 0 Å². The molecule has 3 aromatic rings. The monoisotopic (exact) mass is 428 g/mol. The molecular formula is C22H24N2O5S. The van der Waals surface area contributed by atoms with Gasteiger partial charge in [0.2, 0.25) is 5.75 Å². The minimum Gasteiger partial charge on any atom is -0.494 e. The number of nitrogens with one attached hydrogen (secondary N) is 1. The lowest BCUT2D eigenvalue weighted by Crippen LogP contribution is -2.12. The number of carbonyl (C=O) groups is 1. The number of amides is 1. The van der Waals surface area contributed by atoms with Gasteiger partial charge in [-0.25, -0.2) is 4.98 Å². The lowest BCUT2D eigenvalue weighted by atomic mass is 10.1. The molecule has 0 unspecified atom stereocenters. The minimum absolute atomic E-state index is 0.318. The molecule has 8 heteroatoms. The van der Waals surface area contributed by atoms with Gasteiger partial charge in [-0.05, 0) is 50.2 Å². The largest absolute Gasteiger partial charge is 0.494 e. The SMILES string of the molecule is CCOc1ccc(-c2nc(NC(=O)c3cc(OC)c(OC)c(OC)c3)sc2C)cc1. The molecule has 158 valence electrons. The number of anilines is 1. The van der Waals surface area contributed by atoms with E-state index in [-0.39, 0.29) is 5.91 Å². The molecule has 0 aliphatic carbocycles. The summed E-state index contributed by atoms with van der Waals surface area (Å²) in [6.45, 7) is 4.53. The van der Waals surface area contributed by atoms with Crippen molar-refractivity contribution in [2.75, 3.05) is 33.3 Å². The van der Waals surface area contributed by atoms with E-state index in [2.05, 4.69) is 10.3 Å². The highest BCUT2D eigenvalue weighted by molar-refractivity contribution is 7.16. The van der Waals surface area contributed by atoms with E-state index in [0.717, 1.165) is 21.9 Å². The molecule has 1 aromatic heterocycles. The molecule has 0 radical (unpaired) electrons. The van der Waals surface area contributed by atoms with Crippen LogP contribution in [0.1, 0.15) is 22.2 Å². The predicted octanol–water partition coefficient (Wildman–Crippen LogP) is 4.80. The van der Waals surface area contributed by atoms with E-state index in [0.29, 0.717) is 34.6 Å². The van der Waals surface area contributed by atoms with Gasteiger partial charge in [0, 0.05) is 16.0 Å². The summed E-state index contributed by atoms with van der Waals surface area (Å²) < 4.78 is 21.4. The lowest BCUT2D eigenvalue weighted by Gasteiger charge is -2.13. The number of hydrogen-bond donors (Lipinski definition) is 1. The highest BCUT2D eigenvalue weighted by Gasteiger charge is 2.19. The van der Waals surface area contributed by atoms with Crippen molar-refractivity contribution in [2.24, 2.45) is 0 Å². The molecule has 1 N–H and O–H groups in total. The Morgan fingerprint density at radius 2 is 1.67 bits per heavy atom. The summed E-state index contributed by atoms with van der Waals surface area (Å²) in [6, 6.07) is 10.9. The van der Waals surface area contributed by atoms with Crippen LogP contribution in [0.25, 0.3) is 11.3 Å². The maximum absolute atomic E-state index is 12.8. The molecule has 0 atom stereocenters. The molecule has 0 bridgehead atoms. The highest BCUT2D eigenvalue weighted by atomic mass is 32.1. The molecule has 2 aromatic carbocycles. The fourth-order valence-corrected chi connectivity index (χ4v) is 3.81. The highest BCUT2D eigenvalue weighted by Crippen LogP contribution is 2.38. The Kier molecular flexibility index (Phi) is 6.79. The Balaban J connectivity index is 1.83. The van der Waals surface area contributed by atoms with Gasteiger partial charge in [0.25, 0.3) is 5.91 Å². The molecule has 0 aliphatic rings. The third-order valence-corrected chi connectivity index (χ3v) is 5.27. The van der Waals surface area contributed by atoms with Crippen LogP contribution in [0, 0.1) is 6.92 Å². The van der Waals surface area contributed by atoms with E-state index in [4.69, 9.17) is 18.9 Å². The number of aromatic nitrogens is 1. The standard InChI is InChI=1S/C22H24N2O5S/c1-6-29-16-9-7-14(8-10-16)19-13(2)30-22(23-19)24-21(25)15-11-17(26-3)20(28-5)18(12-15)27-4/h7-12H,6H2,1-5H3,(H,23,24,25). The first-order valence-electron chi connectivity index (χ1n) is 9.32. The van der Waals surface area contributed by atoms with E-state index in [1.165, 1.54) is 32.7 Å². The van der Waals surface area contributed by atoms with Gasteiger partial charge in [-0.15, -0.1) is 11.3 Å². The summed E-state index contributed by atoms with van der Waals surface area (Å²) in [5, 5.41) is 3.36. The fourth-order valence-electron chi connectivity index (χ4n) is 2.97. The third-order valence-electron chi connectivity index (χ3n) is 4.38. The Labute approximate surface area is 179 Å². The van der Waals surface area contributed by atoms with Crippen molar-refractivity contribution in [2.45, 2.75) is 13.8 Å². The second kappa shape index (κ2) is 9.49. The van der Waals surface area contributed by atoms with Crippen molar-refractivity contribution in [1.82, 2.24) is 4.98 Å². The maximum atomic E-state index is 12.8. The number of benzene rings is 2. The zero-order valence-electron chi connectivity index (χ0n) is 17.6. The van der Waals surface area contributed by atoms with Crippen LogP contribution in [0.2, 0.25) is 0 Å². The number of thiazole rings is 1. The van der Waals surface area contributed by atoms with Crippen molar-refractivity contribution >= 4 is 22.4 Å². The van der Waals surface area contributed by atoms with Crippen LogP contribution in [0.5, 0.6) is 23.0 Å². The molecular weight excluding hydrogens is 404 g/mol. The summed E-state index contributed by atoms with van der Waals surface area (Å²) >= 11 is 1.41. The average Bonchev–Trinajstić information content (AvgIpc) is 3.13. The van der Waals surface area contributed by atoms with Gasteiger partial charge in [-0.3, -0.25) is 10.1 Å². The molecule has 0 aliphatic heterocycles. The van der Waals surface area contributed by atoms with Crippen LogP contribution >= 0.6 is 11.3 Å². The van der Waals surface area contributed by atoms with Crippen molar-refractivity contribution in [3.8, 4) is 34.3 Å². The summed E-state index contributed by atoms with van der Waals surface area (Å²) in [4.78, 5) is 18.4. The number of ether oxygens (including phenoxy) is 4. The third kappa shape index (κ3) is 4.49. The zero-order chi connectivity index (χ0) is 21.7. The van der Waals surface area contributed by atoms with Gasteiger partial charge < -0.3 is 18.9 Å². The van der Waals surface area contributed by atoms with Crippen LogP contribution in [0.3, 0.4) is 0 Å². The van der Waals surface area contributed by atoms with E-state index < -0.39 is 0 Å².